The number of H-pyrrole nitrogens is 3. The Labute approximate surface area is 467 Å². The number of fused-ring (bicyclic) bond motifs is 2. The molecule has 0 saturated carbocycles. The van der Waals surface area contributed by atoms with Gasteiger partial charge in [-0.05, 0) is 74.6 Å². The summed E-state index contributed by atoms with van der Waals surface area (Å²) in [5.41, 5.74) is 31.7. The van der Waals surface area contributed by atoms with Gasteiger partial charge in [0.1, 0.15) is 42.3 Å². The molecule has 0 aliphatic carbocycles. The molecular formula is C54H76N18O9. The maximum Gasteiger partial charge on any atom is 0.326 e. The number of aromatic amines is 3. The number of aliphatic imine (C=N–C) groups is 2. The molecule has 9 atom stereocenters. The van der Waals surface area contributed by atoms with Gasteiger partial charge in [-0.25, -0.2) is 9.78 Å². The average molecular weight is 1120 g/mol. The number of aliphatic carboxylic acids is 1. The van der Waals surface area contributed by atoms with Crippen molar-refractivity contribution in [2.45, 2.75) is 133 Å². The van der Waals surface area contributed by atoms with Crippen LogP contribution in [0.1, 0.15) is 82.5 Å². The lowest BCUT2D eigenvalue weighted by atomic mass is 9.98. The third kappa shape index (κ3) is 17.2. The molecule has 0 radical (unpaired) electrons. The molecule has 0 bridgehead atoms. The number of carboxylic acids is 1. The van der Waals surface area contributed by atoms with Crippen molar-refractivity contribution in [1.82, 2.24) is 56.7 Å². The monoisotopic (exact) mass is 1120 g/mol. The maximum absolute atomic E-state index is 15.0. The number of imidazole rings is 1. The topological polar surface area (TPSA) is 447 Å². The highest BCUT2D eigenvalue weighted by Crippen LogP contribution is 2.24. The zero-order valence-electron chi connectivity index (χ0n) is 45.7. The normalized spacial score (nSPS) is 16.1. The van der Waals surface area contributed by atoms with Crippen LogP contribution >= 0.6 is 0 Å². The average Bonchev–Trinajstić information content (AvgIpc) is 4.31. The number of guanidine groups is 2. The predicted molar refractivity (Wildman–Crippen MR) is 303 cm³/mol. The lowest BCUT2D eigenvalue weighted by Gasteiger charge is -2.31. The third-order valence-corrected chi connectivity index (χ3v) is 14.3. The van der Waals surface area contributed by atoms with Gasteiger partial charge in [-0.1, -0.05) is 56.7 Å². The maximum atomic E-state index is 15.0. The zero-order chi connectivity index (χ0) is 58.8. The summed E-state index contributed by atoms with van der Waals surface area (Å²) in [6, 6.07) is 4.83. The van der Waals surface area contributed by atoms with Crippen LogP contribution in [0.15, 0.2) is 83.4 Å². The molecule has 4 heterocycles. The minimum Gasteiger partial charge on any atom is -0.480 e. The summed E-state index contributed by atoms with van der Waals surface area (Å²) in [5, 5.41) is 27.7. The van der Waals surface area contributed by atoms with Gasteiger partial charge < -0.3 is 85.5 Å². The molecule has 81 heavy (non-hydrogen) atoms. The molecule has 3 aromatic heterocycles. The van der Waals surface area contributed by atoms with Gasteiger partial charge in [0.05, 0.1) is 12.4 Å². The van der Waals surface area contributed by atoms with Crippen LogP contribution in [-0.2, 0) is 57.6 Å². The number of benzene rings is 2. The number of nitrogens with zero attached hydrogens (tertiary/aromatic N) is 4. The van der Waals surface area contributed by atoms with Crippen molar-refractivity contribution < 1.29 is 43.5 Å². The Hall–Kier alpha value is -9.01. The number of carbonyl (C=O) groups excluding carboxylic acids is 7. The van der Waals surface area contributed by atoms with Crippen molar-refractivity contribution in [2.24, 2.45) is 44.6 Å². The highest BCUT2D eigenvalue weighted by molar-refractivity contribution is 5.99. The van der Waals surface area contributed by atoms with Gasteiger partial charge in [0, 0.05) is 85.0 Å². The number of amides is 7. The molecule has 20 N–H and O–H groups in total. The van der Waals surface area contributed by atoms with Crippen molar-refractivity contribution in [3.63, 3.8) is 0 Å². The van der Waals surface area contributed by atoms with Gasteiger partial charge in [-0.2, -0.15) is 0 Å². The Bertz CT molecular complexity index is 3040. The van der Waals surface area contributed by atoms with E-state index in [1.54, 1.807) is 12.4 Å². The standard InChI is InChI=1S/C54H76N18O9/c1-4-29(2)44(55)50(78)71-42(24-33-27-60-28-65-33)48(76)69-41(23-32-26-64-37-15-8-6-13-35(32)37)47(75)67-38(16-9-19-61-53(56)57)51(79)72-21-11-18-43(72)49(77)70-40(22-31-25-63-36-14-7-5-12-34(31)36)46(74)66-30(3)45(73)68-39(52(80)81)17-10-20-62-54(58)59/h5-8,12-15,25-30,38-44,63-64H,4,9-11,16-24,55H2,1-3H3,(H,60,65)(H,66,74)(H,67,75)(H,68,73)(H,69,76)(H,70,77)(H,71,78)(H,80,81)(H4,56,57,61)(H4,58,59,62)/t29-,30-,38-,39-,40-,41-,42-,43-,44-/m0/s1. The molecule has 27 nitrogen and oxygen atoms in total. The van der Waals surface area contributed by atoms with Crippen LogP contribution in [0.25, 0.3) is 21.8 Å². The fourth-order valence-electron chi connectivity index (χ4n) is 9.58. The Balaban J connectivity index is 1.25. The van der Waals surface area contributed by atoms with Crippen molar-refractivity contribution in [3.05, 3.63) is 90.3 Å². The van der Waals surface area contributed by atoms with Crippen LogP contribution in [0, 0.1) is 5.92 Å². The summed E-state index contributed by atoms with van der Waals surface area (Å²) in [4.78, 5) is 135. The number of rotatable bonds is 30. The van der Waals surface area contributed by atoms with E-state index in [0.717, 1.165) is 21.8 Å². The number of hydrogen-bond acceptors (Lipinski definition) is 12. The summed E-state index contributed by atoms with van der Waals surface area (Å²) in [6.45, 7) is 5.37. The van der Waals surface area contributed by atoms with Gasteiger partial charge >= 0.3 is 5.97 Å². The molecule has 7 amide bonds. The summed E-state index contributed by atoms with van der Waals surface area (Å²) in [5.74, 6) is -6.85. The minimum absolute atomic E-state index is 0.0133. The van der Waals surface area contributed by atoms with Crippen LogP contribution in [0.3, 0.4) is 0 Å². The van der Waals surface area contributed by atoms with E-state index >= 15 is 4.79 Å². The number of nitrogens with two attached hydrogens (primary N) is 5. The number of aromatic nitrogens is 4. The largest absolute Gasteiger partial charge is 0.480 e. The number of carbonyl (C=O) groups is 8. The second-order valence-corrected chi connectivity index (χ2v) is 20.3. The van der Waals surface area contributed by atoms with Gasteiger partial charge in [0.2, 0.25) is 41.4 Å². The zero-order valence-corrected chi connectivity index (χ0v) is 45.7. The quantitative estimate of drug-likeness (QED) is 0.0147. The summed E-state index contributed by atoms with van der Waals surface area (Å²) >= 11 is 0. The lowest BCUT2D eigenvalue weighted by Crippen LogP contribution is -2.60. The van der Waals surface area contributed by atoms with E-state index < -0.39 is 95.7 Å². The first-order chi connectivity index (χ1) is 38.7. The van der Waals surface area contributed by atoms with E-state index in [9.17, 15) is 38.7 Å². The number of hydrogen-bond donors (Lipinski definition) is 15. The van der Waals surface area contributed by atoms with Crippen molar-refractivity contribution in [1.29, 1.82) is 0 Å². The molecule has 1 fully saturated rings. The highest BCUT2D eigenvalue weighted by atomic mass is 16.4. The second-order valence-electron chi connectivity index (χ2n) is 20.3. The van der Waals surface area contributed by atoms with E-state index in [1.807, 2.05) is 62.4 Å². The molecule has 1 aliphatic rings. The van der Waals surface area contributed by atoms with E-state index in [-0.39, 0.29) is 88.8 Å². The minimum atomic E-state index is -1.34. The Kier molecular flexibility index (Phi) is 22.1. The van der Waals surface area contributed by atoms with Gasteiger partial charge in [0.25, 0.3) is 0 Å². The molecule has 1 saturated heterocycles. The van der Waals surface area contributed by atoms with E-state index in [1.165, 1.54) is 24.3 Å². The molecule has 27 heteroatoms. The molecule has 5 aromatic rings. The number of nitrogens with one attached hydrogen (secondary N) is 9. The van der Waals surface area contributed by atoms with Gasteiger partial charge in [-0.3, -0.25) is 43.5 Å². The number of likely N-dealkylation sites (tertiary alicyclic amines) is 1. The smallest absolute Gasteiger partial charge is 0.326 e. The van der Waals surface area contributed by atoms with Crippen molar-refractivity contribution in [3.8, 4) is 0 Å². The van der Waals surface area contributed by atoms with Gasteiger partial charge in [0.15, 0.2) is 11.9 Å². The Morgan fingerprint density at radius 1 is 0.667 bits per heavy atom. The molecule has 0 spiro atoms. The molecule has 6 rings (SSSR count). The fraction of sp³-hybridized carbons (Fsp3) is 0.463. The van der Waals surface area contributed by atoms with Crippen LogP contribution in [-0.4, -0.2) is 157 Å². The molecule has 1 aliphatic heterocycles. The molecule has 436 valence electrons. The van der Waals surface area contributed by atoms with E-state index in [2.05, 4.69) is 61.8 Å². The van der Waals surface area contributed by atoms with Gasteiger partial charge in [-0.15, -0.1) is 0 Å². The molecular weight excluding hydrogens is 1040 g/mol. The van der Waals surface area contributed by atoms with Crippen molar-refractivity contribution in [2.75, 3.05) is 19.6 Å². The van der Waals surface area contributed by atoms with Crippen LogP contribution in [0.5, 0.6) is 0 Å². The second kappa shape index (κ2) is 29.3. The Morgan fingerprint density at radius 3 is 1.72 bits per heavy atom. The van der Waals surface area contributed by atoms with E-state index in [0.29, 0.717) is 29.7 Å². The molecule has 0 unspecified atom stereocenters. The molecule has 2 aromatic carbocycles. The van der Waals surface area contributed by atoms with Crippen molar-refractivity contribution >= 4 is 81.0 Å². The third-order valence-electron chi connectivity index (χ3n) is 14.3. The SMILES string of the molecule is CC[C@H](C)[C@H](N)C(=O)N[C@@H](Cc1cnc[nH]1)C(=O)N[C@@H](Cc1c[nH]c2ccccc12)C(=O)N[C@@H](CCCN=C(N)N)C(=O)N1CCC[C@H]1C(=O)N[C@@H](Cc1c[nH]c2ccccc12)C(=O)N[C@@H](C)C(=O)N[C@@H](CCCN=C(N)N)C(=O)O. The summed E-state index contributed by atoms with van der Waals surface area (Å²) in [7, 11) is 0. The van der Waals surface area contributed by atoms with Crippen LogP contribution < -0.4 is 60.6 Å². The van der Waals surface area contributed by atoms with Crippen LogP contribution in [0.4, 0.5) is 0 Å². The van der Waals surface area contributed by atoms with Crippen LogP contribution in [0.2, 0.25) is 0 Å². The number of carboxylic acid groups (broad SMARTS) is 1. The highest BCUT2D eigenvalue weighted by Gasteiger charge is 2.40. The summed E-state index contributed by atoms with van der Waals surface area (Å²) in [6.07, 6.45) is 7.72. The number of para-hydroxylation sites is 2. The first-order valence-electron chi connectivity index (χ1n) is 27.0. The lowest BCUT2D eigenvalue weighted by molar-refractivity contribution is -0.143. The first-order valence-corrected chi connectivity index (χ1v) is 27.0. The Morgan fingerprint density at radius 2 is 1.17 bits per heavy atom. The summed E-state index contributed by atoms with van der Waals surface area (Å²) < 4.78 is 0. The fourth-order valence-corrected chi connectivity index (χ4v) is 9.58. The van der Waals surface area contributed by atoms with E-state index in [4.69, 9.17) is 28.7 Å². The first kappa shape index (κ1) is 61.2. The predicted octanol–water partition coefficient (Wildman–Crippen LogP) is -1.11.